The zero-order valence-corrected chi connectivity index (χ0v) is 21.8. The van der Waals surface area contributed by atoms with Crippen LogP contribution in [-0.4, -0.2) is 66.4 Å². The number of hydrogen-bond donors (Lipinski definition) is 1. The number of carbonyl (C=O) groups excluding carboxylic acids is 1. The molecule has 2 aliphatic carbocycles. The first-order valence-corrected chi connectivity index (χ1v) is 14.7. The van der Waals surface area contributed by atoms with Gasteiger partial charge >= 0.3 is 0 Å². The summed E-state index contributed by atoms with van der Waals surface area (Å²) in [6.45, 7) is 6.29. The van der Waals surface area contributed by atoms with Crippen molar-refractivity contribution in [3.63, 3.8) is 0 Å². The minimum atomic E-state index is -0.350. The number of amides is 1. The van der Waals surface area contributed by atoms with E-state index in [2.05, 4.69) is 22.0 Å². The fourth-order valence-corrected chi connectivity index (χ4v) is 7.48. The Bertz CT molecular complexity index is 724. The molecule has 1 heterocycles. The summed E-state index contributed by atoms with van der Waals surface area (Å²) in [5, 5.41) is 3.93. The van der Waals surface area contributed by atoms with Crippen molar-refractivity contribution in [3.05, 3.63) is 35.9 Å². The summed E-state index contributed by atoms with van der Waals surface area (Å²) in [5.41, 5.74) is 1.12. The fraction of sp³-hybridized carbons (Fsp3) is 0.750. The van der Waals surface area contributed by atoms with E-state index in [1.54, 1.807) is 0 Å². The van der Waals surface area contributed by atoms with Gasteiger partial charge in [0.15, 0.2) is 0 Å². The lowest BCUT2D eigenvalue weighted by molar-refractivity contribution is -0.134. The second-order valence-electron chi connectivity index (χ2n) is 10.2. The van der Waals surface area contributed by atoms with Crippen LogP contribution in [0.15, 0.2) is 30.3 Å². The largest absolute Gasteiger partial charge is 0.377 e. The maximum Gasteiger partial charge on any atom is 0.249 e. The number of fused-ring (bicyclic) bond motifs is 1. The molecule has 2 saturated carbocycles. The van der Waals surface area contributed by atoms with Crippen LogP contribution < -0.4 is 5.32 Å². The highest BCUT2D eigenvalue weighted by Crippen LogP contribution is 2.35. The number of ether oxygens (including phenoxy) is 2. The summed E-state index contributed by atoms with van der Waals surface area (Å²) in [7, 11) is 0. The van der Waals surface area contributed by atoms with Crippen LogP contribution in [0.1, 0.15) is 70.3 Å². The van der Waals surface area contributed by atoms with Gasteiger partial charge in [0, 0.05) is 43.3 Å². The predicted octanol–water partition coefficient (Wildman–Crippen LogP) is 5.03. The zero-order valence-electron chi connectivity index (χ0n) is 21.0. The highest BCUT2D eigenvalue weighted by atomic mass is 32.2. The Hall–Kier alpha value is -1.08. The van der Waals surface area contributed by atoms with Crippen LogP contribution in [-0.2, 0) is 20.8 Å². The van der Waals surface area contributed by atoms with E-state index >= 15 is 0 Å². The third-order valence-corrected chi connectivity index (χ3v) is 9.29. The molecule has 0 aromatic heterocycles. The van der Waals surface area contributed by atoms with E-state index in [9.17, 15) is 4.79 Å². The molecule has 0 bridgehead atoms. The number of rotatable bonds is 11. The summed E-state index contributed by atoms with van der Waals surface area (Å²) in [6, 6.07) is 10.9. The summed E-state index contributed by atoms with van der Waals surface area (Å²) < 4.78 is 12.2. The minimum Gasteiger partial charge on any atom is -0.377 e. The predicted molar refractivity (Wildman–Crippen MR) is 140 cm³/mol. The number of nitrogens with zero attached hydrogens (tertiary/aromatic N) is 1. The Morgan fingerprint density at radius 3 is 2.71 bits per heavy atom. The molecule has 5 nitrogen and oxygen atoms in total. The molecule has 0 radical (unpaired) electrons. The van der Waals surface area contributed by atoms with Crippen molar-refractivity contribution in [1.29, 1.82) is 0 Å². The van der Waals surface area contributed by atoms with E-state index in [1.165, 1.54) is 38.0 Å². The number of carbonyl (C=O) groups is 1. The maximum absolute atomic E-state index is 12.8. The molecular formula is C28H44N2O3S. The lowest BCUT2D eigenvalue weighted by Gasteiger charge is -2.43. The van der Waals surface area contributed by atoms with E-state index in [0.29, 0.717) is 25.2 Å². The van der Waals surface area contributed by atoms with Crippen LogP contribution in [0.4, 0.5) is 0 Å². The number of hydrogen-bond acceptors (Lipinski definition) is 5. The standard InChI is InChI=1S/C28H44N2O3S/c1-2-32-26(28(31)29-21-23-8-4-3-5-9-23)20-22-12-14-24(15-13-22)33-18-16-30-17-19-34-27-11-7-6-10-25(27)30/h3-5,8-9,22,24-27H,2,6-7,10-21H2,1H3,(H,29,31). The topological polar surface area (TPSA) is 50.8 Å². The molecule has 1 N–H and O–H groups in total. The van der Waals surface area contributed by atoms with Crippen molar-refractivity contribution in [2.75, 3.05) is 32.1 Å². The first kappa shape index (κ1) is 26.0. The third kappa shape index (κ3) is 7.71. The quantitative estimate of drug-likeness (QED) is 0.473. The third-order valence-electron chi connectivity index (χ3n) is 7.89. The molecule has 34 heavy (non-hydrogen) atoms. The maximum atomic E-state index is 12.8. The first-order valence-electron chi connectivity index (χ1n) is 13.6. The van der Waals surface area contributed by atoms with Crippen LogP contribution >= 0.6 is 11.8 Å². The van der Waals surface area contributed by atoms with E-state index in [0.717, 1.165) is 62.1 Å². The molecule has 3 aliphatic rings. The monoisotopic (exact) mass is 488 g/mol. The molecule has 3 atom stereocenters. The number of benzene rings is 1. The highest BCUT2D eigenvalue weighted by Gasteiger charge is 2.34. The summed E-state index contributed by atoms with van der Waals surface area (Å²) in [6.07, 6.45) is 10.9. The summed E-state index contributed by atoms with van der Waals surface area (Å²) in [4.78, 5) is 15.5. The SMILES string of the molecule is CCOC(CC1CCC(OCCN2CCSC3CCCCC32)CC1)C(=O)NCc1ccccc1. The van der Waals surface area contributed by atoms with E-state index in [1.807, 2.05) is 37.3 Å². The molecule has 190 valence electrons. The van der Waals surface area contributed by atoms with Gasteiger partial charge in [0.1, 0.15) is 6.10 Å². The van der Waals surface area contributed by atoms with Crippen LogP contribution in [0.25, 0.3) is 0 Å². The van der Waals surface area contributed by atoms with Crippen molar-refractivity contribution in [2.24, 2.45) is 5.92 Å². The fourth-order valence-electron chi connectivity index (χ4n) is 5.98. The van der Waals surface area contributed by atoms with Crippen LogP contribution in [0, 0.1) is 5.92 Å². The van der Waals surface area contributed by atoms with Gasteiger partial charge in [-0.1, -0.05) is 43.2 Å². The van der Waals surface area contributed by atoms with Crippen molar-refractivity contribution in [2.45, 2.75) is 94.8 Å². The van der Waals surface area contributed by atoms with Crippen molar-refractivity contribution in [3.8, 4) is 0 Å². The Morgan fingerprint density at radius 1 is 1.12 bits per heavy atom. The van der Waals surface area contributed by atoms with Crippen LogP contribution in [0.5, 0.6) is 0 Å². The molecular weight excluding hydrogens is 444 g/mol. The Balaban J connectivity index is 1.14. The molecule has 1 amide bonds. The van der Waals surface area contributed by atoms with Gasteiger partial charge in [0.05, 0.1) is 12.7 Å². The van der Waals surface area contributed by atoms with E-state index < -0.39 is 0 Å². The summed E-state index contributed by atoms with van der Waals surface area (Å²) in [5.74, 6) is 1.84. The van der Waals surface area contributed by atoms with Crippen molar-refractivity contribution >= 4 is 17.7 Å². The highest BCUT2D eigenvalue weighted by molar-refractivity contribution is 8.00. The smallest absolute Gasteiger partial charge is 0.249 e. The van der Waals surface area contributed by atoms with Crippen molar-refractivity contribution < 1.29 is 14.3 Å². The van der Waals surface area contributed by atoms with Gasteiger partial charge in [-0.05, 0) is 63.4 Å². The minimum absolute atomic E-state index is 0.0183. The lowest BCUT2D eigenvalue weighted by Crippen LogP contribution is -2.50. The Labute approximate surface area is 210 Å². The van der Waals surface area contributed by atoms with Gasteiger partial charge in [-0.15, -0.1) is 0 Å². The van der Waals surface area contributed by atoms with Gasteiger partial charge in [0.25, 0.3) is 0 Å². The summed E-state index contributed by atoms with van der Waals surface area (Å²) >= 11 is 2.20. The van der Waals surface area contributed by atoms with Crippen LogP contribution in [0.2, 0.25) is 0 Å². The molecule has 3 unspecified atom stereocenters. The molecule has 1 saturated heterocycles. The number of thioether (sulfide) groups is 1. The molecule has 1 aromatic rings. The van der Waals surface area contributed by atoms with Gasteiger partial charge < -0.3 is 14.8 Å². The van der Waals surface area contributed by atoms with Gasteiger partial charge in [-0.2, -0.15) is 11.8 Å². The molecule has 6 heteroatoms. The average molecular weight is 489 g/mol. The second kappa shape index (κ2) is 13.9. The molecule has 4 rings (SSSR count). The van der Waals surface area contributed by atoms with Gasteiger partial charge in [-0.25, -0.2) is 0 Å². The van der Waals surface area contributed by atoms with Crippen LogP contribution in [0.3, 0.4) is 0 Å². The molecule has 0 spiro atoms. The lowest BCUT2D eigenvalue weighted by atomic mass is 9.83. The van der Waals surface area contributed by atoms with Gasteiger partial charge in [0.2, 0.25) is 5.91 Å². The molecule has 1 aliphatic heterocycles. The van der Waals surface area contributed by atoms with E-state index in [4.69, 9.17) is 9.47 Å². The normalized spacial score (nSPS) is 28.7. The Kier molecular flexibility index (Phi) is 10.6. The Morgan fingerprint density at radius 2 is 1.91 bits per heavy atom. The molecule has 3 fully saturated rings. The second-order valence-corrected chi connectivity index (χ2v) is 11.5. The zero-order chi connectivity index (χ0) is 23.6. The van der Waals surface area contributed by atoms with Crippen molar-refractivity contribution in [1.82, 2.24) is 10.2 Å². The molecule has 1 aromatic carbocycles. The van der Waals surface area contributed by atoms with E-state index in [-0.39, 0.29) is 12.0 Å². The average Bonchev–Trinajstić information content (AvgIpc) is 2.89. The number of nitrogens with one attached hydrogen (secondary N) is 1. The van der Waals surface area contributed by atoms with Gasteiger partial charge in [-0.3, -0.25) is 9.69 Å². The first-order chi connectivity index (χ1) is 16.7.